The zero-order chi connectivity index (χ0) is 17.6. The molecule has 0 saturated carbocycles. The highest BCUT2D eigenvalue weighted by Gasteiger charge is 2.23. The zero-order valence-electron chi connectivity index (χ0n) is 15.3. The van der Waals surface area contributed by atoms with Crippen LogP contribution in [0.1, 0.15) is 30.6 Å². The molecular weight excluding hydrogens is 332 g/mol. The second-order valence-electron chi connectivity index (χ2n) is 5.81. The molecule has 1 unspecified atom stereocenters. The Morgan fingerprint density at radius 3 is 2.17 bits per heavy atom. The molecule has 1 aromatic rings. The minimum atomic E-state index is -0.140. The van der Waals surface area contributed by atoms with E-state index in [-0.39, 0.29) is 24.4 Å². The Morgan fingerprint density at radius 1 is 1.12 bits per heavy atom. The molecule has 6 nitrogen and oxygen atoms in total. The molecule has 24 heavy (non-hydrogen) atoms. The molecule has 0 radical (unpaired) electrons. The topological polar surface area (TPSA) is 74.0 Å². The lowest BCUT2D eigenvalue weighted by atomic mass is 10.0. The van der Waals surface area contributed by atoms with Crippen molar-refractivity contribution in [1.29, 1.82) is 0 Å². The summed E-state index contributed by atoms with van der Waals surface area (Å²) in [7, 11) is 6.31. The first-order valence-electron chi connectivity index (χ1n) is 7.67. The van der Waals surface area contributed by atoms with Crippen molar-refractivity contribution in [2.75, 3.05) is 34.9 Å². The van der Waals surface area contributed by atoms with Crippen molar-refractivity contribution in [1.82, 2.24) is 4.90 Å². The van der Waals surface area contributed by atoms with Gasteiger partial charge in [-0.15, -0.1) is 12.4 Å². The van der Waals surface area contributed by atoms with E-state index in [1.807, 2.05) is 0 Å². The van der Waals surface area contributed by atoms with E-state index in [0.29, 0.717) is 35.3 Å². The fraction of sp³-hybridized carbons (Fsp3) is 0.588. The molecule has 1 amide bonds. The lowest BCUT2D eigenvalue weighted by Crippen LogP contribution is -2.34. The van der Waals surface area contributed by atoms with Crippen LogP contribution in [0.15, 0.2) is 12.1 Å². The number of hydrogen-bond acceptors (Lipinski definition) is 5. The van der Waals surface area contributed by atoms with Crippen molar-refractivity contribution in [3.05, 3.63) is 17.7 Å². The van der Waals surface area contributed by atoms with Crippen LogP contribution >= 0.6 is 12.4 Å². The Morgan fingerprint density at radius 2 is 1.71 bits per heavy atom. The van der Waals surface area contributed by atoms with Gasteiger partial charge in [0.2, 0.25) is 5.75 Å². The maximum Gasteiger partial charge on any atom is 0.257 e. The van der Waals surface area contributed by atoms with E-state index in [9.17, 15) is 4.79 Å². The zero-order valence-corrected chi connectivity index (χ0v) is 16.1. The van der Waals surface area contributed by atoms with Crippen molar-refractivity contribution >= 4 is 18.3 Å². The molecule has 0 bridgehead atoms. The molecule has 0 aliphatic heterocycles. The molecule has 1 aromatic carbocycles. The van der Waals surface area contributed by atoms with Gasteiger partial charge in [-0.2, -0.15) is 0 Å². The van der Waals surface area contributed by atoms with Crippen LogP contribution in [-0.4, -0.2) is 51.8 Å². The summed E-state index contributed by atoms with van der Waals surface area (Å²) >= 11 is 0. The number of nitrogens with zero attached hydrogens (tertiary/aromatic N) is 1. The molecular formula is C17H29ClN2O4. The number of hydrogen-bond donors (Lipinski definition) is 1. The van der Waals surface area contributed by atoms with Crippen molar-refractivity contribution in [2.45, 2.75) is 26.3 Å². The standard InChI is InChI=1S/C17H28N2O4.ClH/c1-11(2)13(18)9-10-19(3)17(20)12-7-8-14(21-4)16(23-6)15(12)22-5;/h7-8,11,13H,9-10,18H2,1-6H3;1H. The summed E-state index contributed by atoms with van der Waals surface area (Å²) in [6.45, 7) is 4.73. The smallest absolute Gasteiger partial charge is 0.257 e. The van der Waals surface area contributed by atoms with Crippen LogP contribution in [0.2, 0.25) is 0 Å². The second kappa shape index (κ2) is 10.3. The van der Waals surface area contributed by atoms with Gasteiger partial charge in [0, 0.05) is 19.6 Å². The van der Waals surface area contributed by atoms with E-state index in [4.69, 9.17) is 19.9 Å². The van der Waals surface area contributed by atoms with E-state index in [0.717, 1.165) is 6.42 Å². The molecule has 1 rings (SSSR count). The molecule has 7 heteroatoms. The Balaban J connectivity index is 0.00000529. The number of carbonyl (C=O) groups is 1. The van der Waals surface area contributed by atoms with Crippen LogP contribution in [0.5, 0.6) is 17.2 Å². The third-order valence-corrected chi connectivity index (χ3v) is 3.94. The molecule has 0 aliphatic carbocycles. The van der Waals surface area contributed by atoms with E-state index < -0.39 is 0 Å². The van der Waals surface area contributed by atoms with E-state index in [1.165, 1.54) is 21.3 Å². The normalized spacial score (nSPS) is 11.5. The number of amides is 1. The van der Waals surface area contributed by atoms with Crippen LogP contribution in [0.3, 0.4) is 0 Å². The molecule has 2 N–H and O–H groups in total. The predicted octanol–water partition coefficient (Wildman–Crippen LogP) is 2.58. The quantitative estimate of drug-likeness (QED) is 0.771. The first kappa shape index (κ1) is 22.3. The number of carbonyl (C=O) groups excluding carboxylic acids is 1. The number of ether oxygens (including phenoxy) is 3. The summed E-state index contributed by atoms with van der Waals surface area (Å²) in [5, 5.41) is 0. The highest BCUT2D eigenvalue weighted by atomic mass is 35.5. The van der Waals surface area contributed by atoms with Crippen molar-refractivity contribution in [3.63, 3.8) is 0 Å². The summed E-state index contributed by atoms with van der Waals surface area (Å²) in [5.74, 6) is 1.54. The van der Waals surface area contributed by atoms with Crippen molar-refractivity contribution in [2.24, 2.45) is 11.7 Å². The Kier molecular flexibility index (Phi) is 9.55. The molecule has 0 aromatic heterocycles. The third kappa shape index (κ3) is 5.18. The van der Waals surface area contributed by atoms with E-state index in [1.54, 1.807) is 24.1 Å². The highest BCUT2D eigenvalue weighted by Crippen LogP contribution is 2.40. The van der Waals surface area contributed by atoms with E-state index >= 15 is 0 Å². The van der Waals surface area contributed by atoms with Gasteiger partial charge in [0.1, 0.15) is 0 Å². The highest BCUT2D eigenvalue weighted by molar-refractivity contribution is 5.98. The van der Waals surface area contributed by atoms with Crippen molar-refractivity contribution in [3.8, 4) is 17.2 Å². The second-order valence-corrected chi connectivity index (χ2v) is 5.81. The Hall–Kier alpha value is -1.66. The fourth-order valence-electron chi connectivity index (χ4n) is 2.25. The van der Waals surface area contributed by atoms with Gasteiger partial charge in [0.05, 0.1) is 26.9 Å². The first-order valence-corrected chi connectivity index (χ1v) is 7.67. The molecule has 0 spiro atoms. The van der Waals surface area contributed by atoms with Crippen LogP contribution in [0, 0.1) is 5.92 Å². The summed E-state index contributed by atoms with van der Waals surface area (Å²) in [4.78, 5) is 14.3. The largest absolute Gasteiger partial charge is 0.493 e. The van der Waals surface area contributed by atoms with Gasteiger partial charge in [0.25, 0.3) is 5.91 Å². The van der Waals surface area contributed by atoms with Crippen molar-refractivity contribution < 1.29 is 19.0 Å². The van der Waals surface area contributed by atoms with E-state index in [2.05, 4.69) is 13.8 Å². The fourth-order valence-corrected chi connectivity index (χ4v) is 2.25. The maximum absolute atomic E-state index is 12.7. The predicted molar refractivity (Wildman–Crippen MR) is 97.7 cm³/mol. The maximum atomic E-state index is 12.7. The molecule has 1 atom stereocenters. The number of benzene rings is 1. The summed E-state index contributed by atoms with van der Waals surface area (Å²) < 4.78 is 15.9. The van der Waals surface area contributed by atoms with Crippen LogP contribution in [0.25, 0.3) is 0 Å². The average molecular weight is 361 g/mol. The summed E-state index contributed by atoms with van der Waals surface area (Å²) in [5.41, 5.74) is 6.48. The Bertz CT molecular complexity index is 538. The first-order chi connectivity index (χ1) is 10.9. The molecule has 0 heterocycles. The van der Waals surface area contributed by atoms with Crippen LogP contribution in [-0.2, 0) is 0 Å². The minimum Gasteiger partial charge on any atom is -0.493 e. The SMILES string of the molecule is COc1ccc(C(=O)N(C)CCC(N)C(C)C)c(OC)c1OC.Cl. The van der Waals surface area contributed by atoms with Gasteiger partial charge in [-0.3, -0.25) is 4.79 Å². The van der Waals surface area contributed by atoms with Gasteiger partial charge in [-0.1, -0.05) is 13.8 Å². The van der Waals surface area contributed by atoms with Gasteiger partial charge in [-0.25, -0.2) is 0 Å². The average Bonchev–Trinajstić information content (AvgIpc) is 2.56. The monoisotopic (exact) mass is 360 g/mol. The lowest BCUT2D eigenvalue weighted by Gasteiger charge is -2.23. The molecule has 0 aliphatic rings. The molecule has 0 saturated heterocycles. The van der Waals surface area contributed by atoms with Crippen LogP contribution in [0.4, 0.5) is 0 Å². The minimum absolute atomic E-state index is 0. The lowest BCUT2D eigenvalue weighted by molar-refractivity contribution is 0.0785. The number of halogens is 1. The number of rotatable bonds is 8. The number of methoxy groups -OCH3 is 3. The van der Waals surface area contributed by atoms with Crippen LogP contribution < -0.4 is 19.9 Å². The van der Waals surface area contributed by atoms with Gasteiger partial charge in [-0.05, 0) is 24.5 Å². The molecule has 138 valence electrons. The molecule has 0 fully saturated rings. The summed E-state index contributed by atoms with van der Waals surface area (Å²) in [6, 6.07) is 3.45. The van der Waals surface area contributed by atoms with Gasteiger partial charge in [0.15, 0.2) is 11.5 Å². The van der Waals surface area contributed by atoms with Gasteiger partial charge >= 0.3 is 0 Å². The Labute approximate surface area is 150 Å². The van der Waals surface area contributed by atoms with Gasteiger partial charge < -0.3 is 24.8 Å². The third-order valence-electron chi connectivity index (χ3n) is 3.94. The summed E-state index contributed by atoms with van der Waals surface area (Å²) in [6.07, 6.45) is 0.746. The number of nitrogens with two attached hydrogens (primary N) is 1.